The van der Waals surface area contributed by atoms with Gasteiger partial charge in [0, 0.05) is 42.1 Å². The van der Waals surface area contributed by atoms with E-state index in [4.69, 9.17) is 9.97 Å². The maximum absolute atomic E-state index is 5.22. The van der Waals surface area contributed by atoms with Crippen LogP contribution in [0.5, 0.6) is 0 Å². The van der Waals surface area contributed by atoms with E-state index < -0.39 is 0 Å². The average Bonchev–Trinajstić information content (AvgIpc) is 3.61. The summed E-state index contributed by atoms with van der Waals surface area (Å²) in [6, 6.07) is 47.2. The summed E-state index contributed by atoms with van der Waals surface area (Å²) in [6.45, 7) is 0. The third-order valence-corrected chi connectivity index (χ3v) is 9.39. The van der Waals surface area contributed by atoms with E-state index in [0.717, 1.165) is 39.4 Å². The SMILES string of the molecule is c1ccc(-c2ncc(-n3c4ccc5ccccc5c4c4c5c(ccc43)sc3ccccc35)c(-c3ccccc3)n2)cc1. The van der Waals surface area contributed by atoms with Gasteiger partial charge in [-0.05, 0) is 35.0 Å². The fourth-order valence-electron chi connectivity index (χ4n) is 6.42. The van der Waals surface area contributed by atoms with Crippen LogP contribution in [-0.4, -0.2) is 14.5 Å². The number of thiophene rings is 1. The first-order valence-electron chi connectivity index (χ1n) is 14.1. The van der Waals surface area contributed by atoms with Crippen LogP contribution in [0.1, 0.15) is 0 Å². The molecule has 0 saturated carbocycles. The van der Waals surface area contributed by atoms with E-state index in [1.54, 1.807) is 0 Å². The highest BCUT2D eigenvalue weighted by Crippen LogP contribution is 2.46. The lowest BCUT2D eigenvalue weighted by atomic mass is 10.0. The normalized spacial score (nSPS) is 11.8. The number of rotatable bonds is 3. The molecule has 0 saturated heterocycles. The first-order valence-corrected chi connectivity index (χ1v) is 14.9. The van der Waals surface area contributed by atoms with Gasteiger partial charge in [-0.25, -0.2) is 9.97 Å². The van der Waals surface area contributed by atoms with Crippen molar-refractivity contribution in [2.75, 3.05) is 0 Å². The summed E-state index contributed by atoms with van der Waals surface area (Å²) in [5.74, 6) is 0.718. The molecule has 0 N–H and O–H groups in total. The number of fused-ring (bicyclic) bond motifs is 9. The van der Waals surface area contributed by atoms with Gasteiger partial charge in [0.25, 0.3) is 0 Å². The molecule has 3 heterocycles. The minimum Gasteiger partial charge on any atom is -0.306 e. The second-order valence-corrected chi connectivity index (χ2v) is 11.7. The third kappa shape index (κ3) is 3.39. The molecular formula is C38H23N3S. The largest absolute Gasteiger partial charge is 0.306 e. The molecule has 0 bridgehead atoms. The van der Waals surface area contributed by atoms with Crippen LogP contribution in [0.2, 0.25) is 0 Å². The lowest BCUT2D eigenvalue weighted by molar-refractivity contribution is 1.09. The van der Waals surface area contributed by atoms with Gasteiger partial charge >= 0.3 is 0 Å². The Morgan fingerprint density at radius 1 is 0.500 bits per heavy atom. The summed E-state index contributed by atoms with van der Waals surface area (Å²) in [4.78, 5) is 10.2. The Morgan fingerprint density at radius 2 is 1.17 bits per heavy atom. The Morgan fingerprint density at radius 3 is 2.00 bits per heavy atom. The number of hydrogen-bond acceptors (Lipinski definition) is 3. The molecule has 0 atom stereocenters. The van der Waals surface area contributed by atoms with Crippen LogP contribution >= 0.6 is 11.3 Å². The van der Waals surface area contributed by atoms with Crippen LogP contribution < -0.4 is 0 Å². The lowest BCUT2D eigenvalue weighted by Crippen LogP contribution is -2.02. The Balaban J connectivity index is 1.47. The highest BCUT2D eigenvalue weighted by Gasteiger charge is 2.22. The Labute approximate surface area is 246 Å². The van der Waals surface area contributed by atoms with Crippen LogP contribution in [0.3, 0.4) is 0 Å². The van der Waals surface area contributed by atoms with Crippen molar-refractivity contribution in [1.29, 1.82) is 0 Å². The molecule has 9 aromatic rings. The molecular weight excluding hydrogens is 531 g/mol. The van der Waals surface area contributed by atoms with Crippen LogP contribution in [0, 0.1) is 0 Å². The van der Waals surface area contributed by atoms with Crippen molar-refractivity contribution in [3.63, 3.8) is 0 Å². The van der Waals surface area contributed by atoms with Crippen molar-refractivity contribution in [2.45, 2.75) is 0 Å². The van der Waals surface area contributed by atoms with E-state index >= 15 is 0 Å². The minimum atomic E-state index is 0.718. The number of benzene rings is 6. The van der Waals surface area contributed by atoms with E-state index in [9.17, 15) is 0 Å². The van der Waals surface area contributed by atoms with E-state index in [1.165, 1.54) is 41.7 Å². The molecule has 196 valence electrons. The topological polar surface area (TPSA) is 30.7 Å². The molecule has 3 nitrogen and oxygen atoms in total. The molecule has 9 rings (SSSR count). The second kappa shape index (κ2) is 9.10. The Hall–Kier alpha value is -5.32. The molecule has 0 aliphatic carbocycles. The standard InChI is InChI=1S/C38H23N3S/c1-3-12-25(13-4-1)37-31(23-39-38(40-37)26-14-5-2-6-15-26)41-29-20-19-24-11-7-8-16-27(24)34(29)36-30(41)21-22-33-35(36)28-17-9-10-18-32(28)42-33/h1-23H. The minimum absolute atomic E-state index is 0.718. The van der Waals surface area contributed by atoms with Gasteiger partial charge in [-0.1, -0.05) is 109 Å². The molecule has 0 aliphatic heterocycles. The highest BCUT2D eigenvalue weighted by molar-refractivity contribution is 7.26. The average molecular weight is 554 g/mol. The van der Waals surface area contributed by atoms with Crippen LogP contribution in [0.25, 0.3) is 81.1 Å². The summed E-state index contributed by atoms with van der Waals surface area (Å²) in [5.41, 5.74) is 6.25. The predicted octanol–water partition coefficient (Wildman–Crippen LogP) is 10.4. The van der Waals surface area contributed by atoms with E-state index in [-0.39, 0.29) is 0 Å². The zero-order valence-electron chi connectivity index (χ0n) is 22.5. The monoisotopic (exact) mass is 553 g/mol. The molecule has 3 aromatic heterocycles. The molecule has 0 spiro atoms. The number of nitrogens with zero attached hydrogens (tertiary/aromatic N) is 3. The maximum atomic E-state index is 5.22. The lowest BCUT2D eigenvalue weighted by Gasteiger charge is -2.14. The molecule has 4 heteroatoms. The molecule has 42 heavy (non-hydrogen) atoms. The first-order chi connectivity index (χ1) is 20.8. The fraction of sp³-hybridized carbons (Fsp3) is 0. The van der Waals surface area contributed by atoms with Gasteiger partial charge in [0.15, 0.2) is 5.82 Å². The van der Waals surface area contributed by atoms with Crippen molar-refractivity contribution in [1.82, 2.24) is 14.5 Å². The molecule has 6 aromatic carbocycles. The highest BCUT2D eigenvalue weighted by atomic mass is 32.1. The van der Waals surface area contributed by atoms with Gasteiger partial charge in [0.2, 0.25) is 0 Å². The molecule has 0 aliphatic rings. The number of aromatic nitrogens is 3. The van der Waals surface area contributed by atoms with Gasteiger partial charge in [0.05, 0.1) is 28.6 Å². The van der Waals surface area contributed by atoms with E-state index in [1.807, 2.05) is 41.8 Å². The summed E-state index contributed by atoms with van der Waals surface area (Å²) in [7, 11) is 0. The fourth-order valence-corrected chi connectivity index (χ4v) is 7.53. The quantitative estimate of drug-likeness (QED) is 0.218. The molecule has 0 unspecified atom stereocenters. The zero-order chi connectivity index (χ0) is 27.6. The first kappa shape index (κ1) is 23.4. The van der Waals surface area contributed by atoms with E-state index in [2.05, 4.69) is 114 Å². The van der Waals surface area contributed by atoms with Crippen molar-refractivity contribution >= 4 is 64.1 Å². The molecule has 0 amide bonds. The summed E-state index contributed by atoms with van der Waals surface area (Å²) < 4.78 is 4.98. The van der Waals surface area contributed by atoms with Crippen molar-refractivity contribution < 1.29 is 0 Å². The van der Waals surface area contributed by atoms with Gasteiger partial charge in [-0.2, -0.15) is 0 Å². The maximum Gasteiger partial charge on any atom is 0.159 e. The third-order valence-electron chi connectivity index (χ3n) is 8.25. The van der Waals surface area contributed by atoms with Gasteiger partial charge < -0.3 is 4.57 Å². The summed E-state index contributed by atoms with van der Waals surface area (Å²) in [6.07, 6.45) is 2.00. The van der Waals surface area contributed by atoms with E-state index in [0.29, 0.717) is 0 Å². The molecule has 0 fully saturated rings. The zero-order valence-corrected chi connectivity index (χ0v) is 23.3. The van der Waals surface area contributed by atoms with Crippen molar-refractivity contribution in [2.24, 2.45) is 0 Å². The Kier molecular flexibility index (Phi) is 5.07. The smallest absolute Gasteiger partial charge is 0.159 e. The van der Waals surface area contributed by atoms with Gasteiger partial charge in [0.1, 0.15) is 0 Å². The second-order valence-electron chi connectivity index (χ2n) is 10.6. The summed E-state index contributed by atoms with van der Waals surface area (Å²) in [5, 5.41) is 7.65. The Bertz CT molecular complexity index is 2460. The van der Waals surface area contributed by atoms with Gasteiger partial charge in [-0.15, -0.1) is 11.3 Å². The predicted molar refractivity (Wildman–Crippen MR) is 178 cm³/mol. The van der Waals surface area contributed by atoms with Crippen molar-refractivity contribution in [3.05, 3.63) is 140 Å². The number of hydrogen-bond donors (Lipinski definition) is 0. The summed E-state index contributed by atoms with van der Waals surface area (Å²) >= 11 is 1.86. The van der Waals surface area contributed by atoms with Crippen LogP contribution in [-0.2, 0) is 0 Å². The van der Waals surface area contributed by atoms with Crippen LogP contribution in [0.15, 0.2) is 140 Å². The molecule has 0 radical (unpaired) electrons. The van der Waals surface area contributed by atoms with Crippen molar-refractivity contribution in [3.8, 4) is 28.3 Å². The van der Waals surface area contributed by atoms with Crippen LogP contribution in [0.4, 0.5) is 0 Å². The van der Waals surface area contributed by atoms with Gasteiger partial charge in [-0.3, -0.25) is 0 Å².